The average Bonchev–Trinajstić information content (AvgIpc) is 3.05. The molecular weight excluding hydrogens is 649 g/mol. The van der Waals surface area contributed by atoms with Crippen molar-refractivity contribution >= 4 is 22.8 Å². The lowest BCUT2D eigenvalue weighted by Crippen LogP contribution is -2.58. The lowest BCUT2D eigenvalue weighted by molar-refractivity contribution is -0.128. The zero-order chi connectivity index (χ0) is 35.8. The van der Waals surface area contributed by atoms with Gasteiger partial charge in [0.2, 0.25) is 5.91 Å². The number of ether oxygens (including phenoxy) is 1. The fraction of sp³-hybridized carbons (Fsp3) is 0.412. The largest absolute Gasteiger partial charge is 0.486 e. The Bertz CT molecular complexity index is 1970. The number of halogens is 5. The molecule has 1 aromatic carbocycles. The summed E-state index contributed by atoms with van der Waals surface area (Å²) in [6.45, 7) is 12.0. The van der Waals surface area contributed by atoms with E-state index in [2.05, 4.69) is 31.5 Å². The van der Waals surface area contributed by atoms with Gasteiger partial charge >= 0.3 is 5.69 Å². The van der Waals surface area contributed by atoms with Crippen molar-refractivity contribution in [3.8, 4) is 17.0 Å². The van der Waals surface area contributed by atoms with Crippen molar-refractivity contribution in [2.45, 2.75) is 71.4 Å². The third-order valence-corrected chi connectivity index (χ3v) is 8.60. The van der Waals surface area contributed by atoms with E-state index < -0.39 is 59.1 Å². The highest BCUT2D eigenvalue weighted by molar-refractivity contribution is 5.90. The molecular formula is C34H36F5N7O3. The summed E-state index contributed by atoms with van der Waals surface area (Å²) in [6, 6.07) is 1.85. The van der Waals surface area contributed by atoms with Gasteiger partial charge < -0.3 is 14.5 Å². The number of pyridine rings is 1. The number of hydrogen-bond acceptors (Lipinski definition) is 8. The van der Waals surface area contributed by atoms with Crippen LogP contribution in [-0.2, 0) is 11.2 Å². The Kier molecular flexibility index (Phi) is 10.0. The van der Waals surface area contributed by atoms with Crippen LogP contribution in [0.2, 0.25) is 0 Å². The van der Waals surface area contributed by atoms with Crippen LogP contribution in [0, 0.1) is 24.4 Å². The summed E-state index contributed by atoms with van der Waals surface area (Å²) in [5, 5.41) is 0.0508. The molecule has 2 atom stereocenters. The Morgan fingerprint density at radius 1 is 1.12 bits per heavy atom. The molecule has 4 heterocycles. The lowest BCUT2D eigenvalue weighted by atomic mass is 10.0. The minimum atomic E-state index is -3.44. The monoisotopic (exact) mass is 685 g/mol. The molecule has 1 N–H and O–H groups in total. The van der Waals surface area contributed by atoms with Crippen LogP contribution in [0.1, 0.15) is 57.0 Å². The van der Waals surface area contributed by atoms with Crippen LogP contribution >= 0.6 is 0 Å². The second-order valence-electron chi connectivity index (χ2n) is 12.5. The van der Waals surface area contributed by atoms with Gasteiger partial charge in [-0.05, 0) is 62.9 Å². The number of nitrogens with one attached hydrogen (secondary N) is 1. The molecule has 10 nitrogen and oxygen atoms in total. The minimum absolute atomic E-state index is 0.0508. The number of anilines is 1. The first-order valence-electron chi connectivity index (χ1n) is 15.7. The van der Waals surface area contributed by atoms with Gasteiger partial charge in [0, 0.05) is 43.0 Å². The van der Waals surface area contributed by atoms with E-state index in [4.69, 9.17) is 4.74 Å². The van der Waals surface area contributed by atoms with Gasteiger partial charge in [-0.25, -0.2) is 41.7 Å². The molecule has 0 unspecified atom stereocenters. The molecule has 0 aliphatic carbocycles. The van der Waals surface area contributed by atoms with Crippen molar-refractivity contribution < 1.29 is 31.5 Å². The zero-order valence-electron chi connectivity index (χ0n) is 27.7. The van der Waals surface area contributed by atoms with Gasteiger partial charge in [-0.1, -0.05) is 20.4 Å². The summed E-state index contributed by atoms with van der Waals surface area (Å²) < 4.78 is 81.2. The van der Waals surface area contributed by atoms with E-state index in [0.717, 1.165) is 17.8 Å². The van der Waals surface area contributed by atoms with Crippen LogP contribution in [0.5, 0.6) is 5.75 Å². The lowest BCUT2D eigenvalue weighted by Gasteiger charge is -2.44. The smallest absolute Gasteiger partial charge is 0.348 e. The SMILES string of the molecule is C=CC(=O)N1C[C@H](C)N(c2nc(=O)[nH]c3nc(-c4c(OCC(F)(F)CCc5ncnc(C(C)C)c5C)ccc(F)c4F)c(F)cc23)C[C@H]1C. The van der Waals surface area contributed by atoms with Crippen LogP contribution in [-0.4, -0.2) is 73.4 Å². The fourth-order valence-corrected chi connectivity index (χ4v) is 6.05. The number of piperazine rings is 1. The van der Waals surface area contributed by atoms with E-state index >= 15 is 17.6 Å². The highest BCUT2D eigenvalue weighted by Crippen LogP contribution is 2.38. The predicted molar refractivity (Wildman–Crippen MR) is 173 cm³/mol. The molecule has 0 bridgehead atoms. The third kappa shape index (κ3) is 7.25. The number of H-pyrrole nitrogens is 1. The number of fused-ring (bicyclic) bond motifs is 1. The molecule has 1 aliphatic rings. The zero-order valence-corrected chi connectivity index (χ0v) is 27.7. The summed E-state index contributed by atoms with van der Waals surface area (Å²) in [7, 11) is 0. The van der Waals surface area contributed by atoms with Gasteiger partial charge in [-0.15, -0.1) is 0 Å². The van der Waals surface area contributed by atoms with E-state index in [1.165, 1.54) is 12.4 Å². The summed E-state index contributed by atoms with van der Waals surface area (Å²) in [6.07, 6.45) is 1.75. The number of benzene rings is 1. The van der Waals surface area contributed by atoms with E-state index in [1.54, 1.807) is 30.6 Å². The molecule has 1 saturated heterocycles. The number of aromatic nitrogens is 5. The molecule has 15 heteroatoms. The normalized spacial score (nSPS) is 16.8. The standard InChI is InChI=1S/C34H36F5N7O3/c1-7-26(47)45-13-19(5)46(14-18(45)4)32-21-12-23(36)30(42-31(21)43-33(48)44-32)27-25(9-8-22(35)28(27)37)49-15-34(38,39)11-10-24-20(6)29(17(2)3)41-16-40-24/h7-9,12,16-19H,1,10-11,13-15H2,2-6H3,(H,42,43,44,48)/t18-,19+/m1/s1. The van der Waals surface area contributed by atoms with E-state index in [1.807, 2.05) is 13.8 Å². The minimum Gasteiger partial charge on any atom is -0.486 e. The van der Waals surface area contributed by atoms with E-state index in [-0.39, 0.29) is 60.3 Å². The van der Waals surface area contributed by atoms with Crippen LogP contribution in [0.4, 0.5) is 27.8 Å². The number of nitrogens with zero attached hydrogens (tertiary/aromatic N) is 6. The number of carbonyl (C=O) groups excluding carboxylic acids is 1. The number of amides is 1. The first kappa shape index (κ1) is 35.4. The van der Waals surface area contributed by atoms with Crippen LogP contribution in [0.15, 0.2) is 42.0 Å². The number of aryl methyl sites for hydroxylation is 1. The molecule has 49 heavy (non-hydrogen) atoms. The first-order chi connectivity index (χ1) is 23.1. The Hall–Kier alpha value is -4.95. The molecule has 5 rings (SSSR count). The van der Waals surface area contributed by atoms with Crippen molar-refractivity contribution in [2.75, 3.05) is 24.6 Å². The summed E-state index contributed by atoms with van der Waals surface area (Å²) in [5.74, 6) is -8.27. The Morgan fingerprint density at radius 3 is 2.55 bits per heavy atom. The Morgan fingerprint density at radius 2 is 1.86 bits per heavy atom. The molecule has 4 aromatic rings. The quantitative estimate of drug-likeness (QED) is 0.163. The van der Waals surface area contributed by atoms with Gasteiger partial charge in [0.1, 0.15) is 29.2 Å². The number of hydrogen-bond donors (Lipinski definition) is 1. The molecule has 1 fully saturated rings. The predicted octanol–water partition coefficient (Wildman–Crippen LogP) is 5.88. The maximum atomic E-state index is 15.9. The number of alkyl halides is 2. The fourth-order valence-electron chi connectivity index (χ4n) is 6.05. The molecule has 260 valence electrons. The van der Waals surface area contributed by atoms with E-state index in [9.17, 15) is 14.0 Å². The number of carbonyl (C=O) groups is 1. The van der Waals surface area contributed by atoms with Crippen LogP contribution < -0.4 is 15.3 Å². The van der Waals surface area contributed by atoms with Crippen molar-refractivity contribution in [1.29, 1.82) is 0 Å². The van der Waals surface area contributed by atoms with Gasteiger partial charge in [-0.3, -0.25) is 9.78 Å². The van der Waals surface area contributed by atoms with Gasteiger partial charge in [0.25, 0.3) is 5.92 Å². The second kappa shape index (κ2) is 13.9. The third-order valence-electron chi connectivity index (χ3n) is 8.60. The van der Waals surface area contributed by atoms with Gasteiger partial charge in [-0.2, -0.15) is 4.98 Å². The molecule has 3 aromatic heterocycles. The Balaban J connectivity index is 1.45. The molecule has 0 spiro atoms. The maximum absolute atomic E-state index is 15.9. The number of rotatable bonds is 10. The molecule has 1 amide bonds. The average molecular weight is 686 g/mol. The molecule has 0 saturated carbocycles. The van der Waals surface area contributed by atoms with Crippen molar-refractivity contribution in [2.24, 2.45) is 0 Å². The van der Waals surface area contributed by atoms with Crippen molar-refractivity contribution in [1.82, 2.24) is 29.8 Å². The van der Waals surface area contributed by atoms with Crippen LogP contribution in [0.3, 0.4) is 0 Å². The van der Waals surface area contributed by atoms with Crippen molar-refractivity contribution in [3.05, 3.63) is 82.1 Å². The molecule has 0 radical (unpaired) electrons. The first-order valence-corrected chi connectivity index (χ1v) is 15.7. The highest BCUT2D eigenvalue weighted by Gasteiger charge is 2.34. The van der Waals surface area contributed by atoms with Gasteiger partial charge in [0.15, 0.2) is 24.1 Å². The van der Waals surface area contributed by atoms with Crippen molar-refractivity contribution in [3.63, 3.8) is 0 Å². The number of aromatic amines is 1. The van der Waals surface area contributed by atoms with Gasteiger partial charge in [0.05, 0.1) is 10.9 Å². The second-order valence-corrected chi connectivity index (χ2v) is 12.5. The highest BCUT2D eigenvalue weighted by atomic mass is 19.3. The summed E-state index contributed by atoms with van der Waals surface area (Å²) >= 11 is 0. The molecule has 1 aliphatic heterocycles. The topological polar surface area (TPSA) is 117 Å². The summed E-state index contributed by atoms with van der Waals surface area (Å²) in [4.78, 5) is 47.2. The maximum Gasteiger partial charge on any atom is 0.348 e. The van der Waals surface area contributed by atoms with Crippen LogP contribution in [0.25, 0.3) is 22.3 Å². The Labute approximate surface area is 279 Å². The summed E-state index contributed by atoms with van der Waals surface area (Å²) in [5.41, 5.74) is -0.758. The van der Waals surface area contributed by atoms with E-state index in [0.29, 0.717) is 17.3 Å².